The van der Waals surface area contributed by atoms with E-state index in [1.54, 1.807) is 13.2 Å². The fourth-order valence-electron chi connectivity index (χ4n) is 3.58. The Morgan fingerprint density at radius 3 is 2.61 bits per heavy atom. The van der Waals surface area contributed by atoms with E-state index in [4.69, 9.17) is 4.42 Å². The first-order valence-electron chi connectivity index (χ1n) is 9.32. The topological polar surface area (TPSA) is 38.4 Å². The zero-order valence-corrected chi connectivity index (χ0v) is 16.3. The van der Waals surface area contributed by atoms with Crippen LogP contribution in [0.2, 0.25) is 0 Å². The summed E-state index contributed by atoms with van der Waals surface area (Å²) in [5, 5.41) is 2.14. The molecule has 0 atom stereocenters. The molecule has 3 nitrogen and oxygen atoms in total. The van der Waals surface area contributed by atoms with Crippen LogP contribution >= 0.6 is 0 Å². The first kappa shape index (κ1) is 17.9. The predicted molar refractivity (Wildman–Crippen MR) is 119 cm³/mol. The van der Waals surface area contributed by atoms with Gasteiger partial charge in [-0.05, 0) is 54.3 Å². The maximum atomic E-state index is 6.16. The van der Waals surface area contributed by atoms with Crippen LogP contribution in [-0.2, 0) is 0 Å². The largest absolute Gasteiger partial charge is 0.437 e. The van der Waals surface area contributed by atoms with Crippen LogP contribution in [0.1, 0.15) is 23.6 Å². The van der Waals surface area contributed by atoms with Crippen LogP contribution in [0.3, 0.4) is 0 Å². The van der Waals surface area contributed by atoms with Crippen molar-refractivity contribution in [2.75, 3.05) is 7.05 Å². The lowest BCUT2D eigenvalue weighted by Gasteiger charge is -2.09. The van der Waals surface area contributed by atoms with Crippen molar-refractivity contribution in [3.8, 4) is 0 Å². The molecule has 0 saturated carbocycles. The standard InChI is InChI=1S/C25H22N2O/c1-17-11-12-21-22-10-7-14-27-25(22)28-24(21)23(17)18(2)16-20(13-15-26-3)19-8-5-4-6-9-19/h4-16H,1-3H3/b18-16+,20-13+,26-15?. The van der Waals surface area contributed by atoms with Gasteiger partial charge in [0, 0.05) is 35.8 Å². The average Bonchev–Trinajstić information content (AvgIpc) is 3.09. The van der Waals surface area contributed by atoms with E-state index in [1.165, 1.54) is 5.56 Å². The fraction of sp³-hybridized carbons (Fsp3) is 0.120. The second-order valence-corrected chi connectivity index (χ2v) is 6.81. The Labute approximate surface area is 164 Å². The number of nitrogens with zero attached hydrogens (tertiary/aromatic N) is 2. The zero-order valence-electron chi connectivity index (χ0n) is 16.3. The number of aryl methyl sites for hydroxylation is 1. The number of aromatic nitrogens is 1. The van der Waals surface area contributed by atoms with E-state index in [9.17, 15) is 0 Å². The highest BCUT2D eigenvalue weighted by Gasteiger charge is 2.15. The molecule has 4 aromatic rings. The van der Waals surface area contributed by atoms with E-state index in [2.05, 4.69) is 60.2 Å². The molecule has 0 saturated heterocycles. The van der Waals surface area contributed by atoms with E-state index in [1.807, 2.05) is 36.6 Å². The monoisotopic (exact) mass is 366 g/mol. The number of furan rings is 1. The first-order valence-corrected chi connectivity index (χ1v) is 9.32. The van der Waals surface area contributed by atoms with Crippen molar-refractivity contribution in [2.24, 2.45) is 4.99 Å². The van der Waals surface area contributed by atoms with Gasteiger partial charge < -0.3 is 4.42 Å². The molecule has 2 aromatic heterocycles. The van der Waals surface area contributed by atoms with Gasteiger partial charge in [-0.15, -0.1) is 0 Å². The molecule has 28 heavy (non-hydrogen) atoms. The average molecular weight is 366 g/mol. The second kappa shape index (κ2) is 7.65. The molecule has 4 rings (SSSR count). The minimum atomic E-state index is 0.675. The van der Waals surface area contributed by atoms with Crippen LogP contribution in [0.25, 0.3) is 33.2 Å². The molecule has 0 spiro atoms. The zero-order chi connectivity index (χ0) is 19.5. The van der Waals surface area contributed by atoms with Crippen molar-refractivity contribution >= 4 is 39.4 Å². The summed E-state index contributed by atoms with van der Waals surface area (Å²) >= 11 is 0. The minimum Gasteiger partial charge on any atom is -0.437 e. The highest BCUT2D eigenvalue weighted by molar-refractivity contribution is 6.08. The molecular formula is C25H22N2O. The molecule has 0 aliphatic heterocycles. The minimum absolute atomic E-state index is 0.675. The first-order chi connectivity index (χ1) is 13.7. The van der Waals surface area contributed by atoms with Crippen LogP contribution < -0.4 is 0 Å². The number of pyridine rings is 1. The van der Waals surface area contributed by atoms with Gasteiger partial charge in [0.2, 0.25) is 5.71 Å². The molecule has 0 aliphatic rings. The summed E-state index contributed by atoms with van der Waals surface area (Å²) in [7, 11) is 1.78. The molecule has 0 N–H and O–H groups in total. The highest BCUT2D eigenvalue weighted by Crippen LogP contribution is 2.35. The van der Waals surface area contributed by atoms with Crippen molar-refractivity contribution in [1.82, 2.24) is 4.98 Å². The smallest absolute Gasteiger partial charge is 0.227 e. The molecule has 2 heterocycles. The summed E-state index contributed by atoms with van der Waals surface area (Å²) in [6.45, 7) is 4.24. The van der Waals surface area contributed by atoms with E-state index >= 15 is 0 Å². The Kier molecular flexibility index (Phi) is 4.90. The second-order valence-electron chi connectivity index (χ2n) is 6.81. The van der Waals surface area contributed by atoms with Gasteiger partial charge in [-0.2, -0.15) is 0 Å². The number of benzene rings is 2. The predicted octanol–water partition coefficient (Wildman–Crippen LogP) is 6.48. The lowest BCUT2D eigenvalue weighted by atomic mass is 9.95. The van der Waals surface area contributed by atoms with Gasteiger partial charge in [-0.3, -0.25) is 4.99 Å². The van der Waals surface area contributed by atoms with Crippen molar-refractivity contribution in [3.05, 3.63) is 89.6 Å². The number of hydrogen-bond acceptors (Lipinski definition) is 3. The van der Waals surface area contributed by atoms with E-state index in [0.29, 0.717) is 5.71 Å². The van der Waals surface area contributed by atoms with E-state index in [0.717, 1.165) is 38.6 Å². The highest BCUT2D eigenvalue weighted by atomic mass is 16.3. The number of aliphatic imine (C=N–C) groups is 1. The molecule has 138 valence electrons. The van der Waals surface area contributed by atoms with Gasteiger partial charge >= 0.3 is 0 Å². The third-order valence-corrected chi connectivity index (χ3v) is 4.90. The van der Waals surface area contributed by atoms with E-state index in [-0.39, 0.29) is 0 Å². The van der Waals surface area contributed by atoms with Crippen LogP contribution in [0.4, 0.5) is 0 Å². The van der Waals surface area contributed by atoms with Crippen LogP contribution in [0, 0.1) is 6.92 Å². The maximum Gasteiger partial charge on any atom is 0.227 e. The number of fused-ring (bicyclic) bond motifs is 3. The quantitative estimate of drug-likeness (QED) is 0.306. The Balaban J connectivity index is 1.92. The molecule has 0 bridgehead atoms. The molecule has 0 radical (unpaired) electrons. The van der Waals surface area contributed by atoms with Crippen LogP contribution in [0.15, 0.2) is 82.4 Å². The third-order valence-electron chi connectivity index (χ3n) is 4.90. The Hall–Kier alpha value is -3.46. The van der Waals surface area contributed by atoms with Crippen molar-refractivity contribution < 1.29 is 4.42 Å². The molecule has 3 heteroatoms. The molecular weight excluding hydrogens is 344 g/mol. The molecule has 0 amide bonds. The summed E-state index contributed by atoms with van der Waals surface area (Å²) in [6.07, 6.45) is 7.82. The van der Waals surface area contributed by atoms with Gasteiger partial charge in [-0.1, -0.05) is 48.5 Å². The number of hydrogen-bond donors (Lipinski definition) is 0. The normalized spacial score (nSPS) is 13.1. The van der Waals surface area contributed by atoms with Crippen molar-refractivity contribution in [2.45, 2.75) is 13.8 Å². The van der Waals surface area contributed by atoms with Crippen molar-refractivity contribution in [1.29, 1.82) is 0 Å². The van der Waals surface area contributed by atoms with Gasteiger partial charge in [0.05, 0.1) is 0 Å². The summed E-state index contributed by atoms with van der Waals surface area (Å²) in [5.74, 6) is 0. The SMILES string of the molecule is CN=C/C=C(\C=C(/C)c1c(C)ccc2c1oc1ncccc12)c1ccccc1. The summed E-state index contributed by atoms with van der Waals surface area (Å²) in [6, 6.07) is 18.6. The summed E-state index contributed by atoms with van der Waals surface area (Å²) in [4.78, 5) is 8.50. The third kappa shape index (κ3) is 3.27. The Bertz CT molecular complexity index is 1230. The Morgan fingerprint density at radius 1 is 1.00 bits per heavy atom. The lowest BCUT2D eigenvalue weighted by molar-refractivity contribution is 0.652. The van der Waals surface area contributed by atoms with Gasteiger partial charge in [-0.25, -0.2) is 4.98 Å². The van der Waals surface area contributed by atoms with E-state index < -0.39 is 0 Å². The molecule has 0 unspecified atom stereocenters. The van der Waals surface area contributed by atoms with Gasteiger partial charge in [0.1, 0.15) is 5.58 Å². The molecule has 0 aliphatic carbocycles. The van der Waals surface area contributed by atoms with Crippen LogP contribution in [-0.4, -0.2) is 18.2 Å². The lowest BCUT2D eigenvalue weighted by Crippen LogP contribution is -1.89. The number of allylic oxidation sites excluding steroid dienone is 4. The van der Waals surface area contributed by atoms with Gasteiger partial charge in [0.25, 0.3) is 0 Å². The summed E-state index contributed by atoms with van der Waals surface area (Å²) < 4.78 is 6.16. The Morgan fingerprint density at radius 2 is 1.82 bits per heavy atom. The van der Waals surface area contributed by atoms with Gasteiger partial charge in [0.15, 0.2) is 0 Å². The van der Waals surface area contributed by atoms with Crippen LogP contribution in [0.5, 0.6) is 0 Å². The summed E-state index contributed by atoms with van der Waals surface area (Å²) in [5.41, 5.74) is 7.25. The molecule has 0 fully saturated rings. The van der Waals surface area contributed by atoms with Crippen molar-refractivity contribution in [3.63, 3.8) is 0 Å². The molecule has 2 aromatic carbocycles. The fourth-order valence-corrected chi connectivity index (χ4v) is 3.58. The maximum absolute atomic E-state index is 6.16. The number of rotatable bonds is 4.